The zero-order valence-electron chi connectivity index (χ0n) is 13.7. The molecule has 3 nitrogen and oxygen atoms in total. The second-order valence-electron chi connectivity index (χ2n) is 6.07. The SMILES string of the molecule is O=C1NC(c2ccccc2)C(c2ccccc2F)(c2ccccc2F)O1. The van der Waals surface area contributed by atoms with Gasteiger partial charge in [0.15, 0.2) is 5.60 Å². The van der Waals surface area contributed by atoms with Gasteiger partial charge in [0.25, 0.3) is 0 Å². The third-order valence-electron chi connectivity index (χ3n) is 4.60. The van der Waals surface area contributed by atoms with Gasteiger partial charge < -0.3 is 10.1 Å². The molecule has 3 aromatic carbocycles. The number of halogens is 2. The standard InChI is InChI=1S/C21H15F2NO2/c22-17-12-6-4-10-15(17)21(16-11-5-7-13-18(16)23)19(24-20(25)26-21)14-8-2-1-3-9-14/h1-13,19H,(H,24,25). The van der Waals surface area contributed by atoms with E-state index in [9.17, 15) is 13.6 Å². The maximum atomic E-state index is 14.8. The quantitative estimate of drug-likeness (QED) is 0.743. The maximum absolute atomic E-state index is 14.8. The number of carbonyl (C=O) groups excluding carboxylic acids is 1. The van der Waals surface area contributed by atoms with E-state index in [0.29, 0.717) is 5.56 Å². The highest BCUT2D eigenvalue weighted by molar-refractivity contribution is 5.74. The lowest BCUT2D eigenvalue weighted by molar-refractivity contribution is 0.0622. The minimum absolute atomic E-state index is 0.0947. The summed E-state index contributed by atoms with van der Waals surface area (Å²) in [6.07, 6.45) is -0.731. The van der Waals surface area contributed by atoms with Gasteiger partial charge in [0, 0.05) is 11.1 Å². The molecule has 26 heavy (non-hydrogen) atoms. The summed E-state index contributed by atoms with van der Waals surface area (Å²) in [5.74, 6) is -1.15. The van der Waals surface area contributed by atoms with Crippen LogP contribution in [0.3, 0.4) is 0 Å². The third-order valence-corrected chi connectivity index (χ3v) is 4.60. The zero-order valence-corrected chi connectivity index (χ0v) is 13.7. The molecule has 130 valence electrons. The maximum Gasteiger partial charge on any atom is 0.409 e. The lowest BCUT2D eigenvalue weighted by Gasteiger charge is -2.34. The monoisotopic (exact) mass is 351 g/mol. The average Bonchev–Trinajstić information content (AvgIpc) is 3.01. The number of ether oxygens (including phenoxy) is 1. The van der Waals surface area contributed by atoms with Crippen molar-refractivity contribution in [2.45, 2.75) is 11.6 Å². The molecule has 3 aromatic rings. The van der Waals surface area contributed by atoms with E-state index in [0.717, 1.165) is 0 Å². The van der Waals surface area contributed by atoms with Crippen molar-refractivity contribution in [1.82, 2.24) is 5.32 Å². The zero-order chi connectivity index (χ0) is 18.1. The predicted molar refractivity (Wildman–Crippen MR) is 92.4 cm³/mol. The van der Waals surface area contributed by atoms with E-state index in [4.69, 9.17) is 4.74 Å². The molecular formula is C21H15F2NO2. The minimum atomic E-state index is -1.66. The highest BCUT2D eigenvalue weighted by Gasteiger charge is 2.55. The summed E-state index contributed by atoms with van der Waals surface area (Å²) < 4.78 is 35.2. The van der Waals surface area contributed by atoms with Crippen LogP contribution < -0.4 is 5.32 Å². The van der Waals surface area contributed by atoms with Gasteiger partial charge in [-0.25, -0.2) is 13.6 Å². The van der Waals surface area contributed by atoms with Crippen LogP contribution in [0.1, 0.15) is 22.7 Å². The molecule has 1 N–H and O–H groups in total. The van der Waals surface area contributed by atoms with Gasteiger partial charge in [-0.3, -0.25) is 0 Å². The van der Waals surface area contributed by atoms with Crippen molar-refractivity contribution in [1.29, 1.82) is 0 Å². The van der Waals surface area contributed by atoms with E-state index in [2.05, 4.69) is 5.32 Å². The number of cyclic esters (lactones) is 1. The topological polar surface area (TPSA) is 38.3 Å². The first-order valence-corrected chi connectivity index (χ1v) is 8.17. The van der Waals surface area contributed by atoms with Crippen molar-refractivity contribution in [2.75, 3.05) is 0 Å². The first-order chi connectivity index (χ1) is 12.6. The largest absolute Gasteiger partial charge is 0.430 e. The van der Waals surface area contributed by atoms with Gasteiger partial charge in [-0.05, 0) is 17.7 Å². The van der Waals surface area contributed by atoms with Crippen molar-refractivity contribution < 1.29 is 18.3 Å². The normalized spacial score (nSPS) is 18.2. The molecule has 0 saturated carbocycles. The van der Waals surface area contributed by atoms with Crippen LogP contribution in [-0.4, -0.2) is 6.09 Å². The first kappa shape index (κ1) is 16.3. The Hall–Kier alpha value is -3.21. The van der Waals surface area contributed by atoms with Crippen LogP contribution in [-0.2, 0) is 10.3 Å². The van der Waals surface area contributed by atoms with Crippen molar-refractivity contribution >= 4 is 6.09 Å². The van der Waals surface area contributed by atoms with Crippen LogP contribution in [0.15, 0.2) is 78.9 Å². The summed E-state index contributed by atoms with van der Waals surface area (Å²) in [5, 5.41) is 2.72. The average molecular weight is 351 g/mol. The Morgan fingerprint density at radius 3 is 1.81 bits per heavy atom. The van der Waals surface area contributed by atoms with Crippen molar-refractivity contribution in [2.24, 2.45) is 0 Å². The lowest BCUT2D eigenvalue weighted by atomic mass is 9.77. The molecule has 1 heterocycles. The molecule has 0 aromatic heterocycles. The van der Waals surface area contributed by atoms with Crippen LogP contribution in [0.25, 0.3) is 0 Å². The molecule has 1 atom stereocenters. The van der Waals surface area contributed by atoms with E-state index in [-0.39, 0.29) is 11.1 Å². The van der Waals surface area contributed by atoms with Gasteiger partial charge in [-0.1, -0.05) is 66.7 Å². The summed E-state index contributed by atoms with van der Waals surface area (Å²) in [6, 6.07) is 20.1. The molecule has 1 aliphatic heterocycles. The summed E-state index contributed by atoms with van der Waals surface area (Å²) >= 11 is 0. The first-order valence-electron chi connectivity index (χ1n) is 8.17. The molecule has 1 aliphatic rings. The molecule has 1 fully saturated rings. The van der Waals surface area contributed by atoms with E-state index < -0.39 is 29.4 Å². The molecule has 1 saturated heterocycles. The molecular weight excluding hydrogens is 336 g/mol. The van der Waals surface area contributed by atoms with Crippen molar-refractivity contribution in [3.8, 4) is 0 Å². The van der Waals surface area contributed by atoms with Crippen LogP contribution >= 0.6 is 0 Å². The Labute approximate surface area is 149 Å². The van der Waals surface area contributed by atoms with Gasteiger partial charge in [0.2, 0.25) is 0 Å². The Balaban J connectivity index is 2.04. The fourth-order valence-electron chi connectivity index (χ4n) is 3.51. The molecule has 1 unspecified atom stereocenters. The number of nitrogens with one attached hydrogen (secondary N) is 1. The smallest absolute Gasteiger partial charge is 0.409 e. The van der Waals surface area contributed by atoms with Crippen LogP contribution in [0, 0.1) is 11.6 Å². The van der Waals surface area contributed by atoms with Crippen LogP contribution in [0.2, 0.25) is 0 Å². The van der Waals surface area contributed by atoms with Crippen molar-refractivity contribution in [3.05, 3.63) is 107 Å². The summed E-state index contributed by atoms with van der Waals surface area (Å²) in [6.45, 7) is 0. The summed E-state index contributed by atoms with van der Waals surface area (Å²) in [5.41, 5.74) is -0.783. The number of amides is 1. The fourth-order valence-corrected chi connectivity index (χ4v) is 3.51. The Bertz CT molecular complexity index is 913. The molecule has 4 rings (SSSR count). The second-order valence-corrected chi connectivity index (χ2v) is 6.07. The number of hydrogen-bond acceptors (Lipinski definition) is 2. The molecule has 0 bridgehead atoms. The summed E-state index contributed by atoms with van der Waals surface area (Å²) in [4.78, 5) is 12.2. The number of carbonyl (C=O) groups is 1. The van der Waals surface area contributed by atoms with Gasteiger partial charge in [-0.2, -0.15) is 0 Å². The molecule has 0 spiro atoms. The van der Waals surface area contributed by atoms with Crippen molar-refractivity contribution in [3.63, 3.8) is 0 Å². The lowest BCUT2D eigenvalue weighted by Crippen LogP contribution is -2.37. The molecule has 0 radical (unpaired) electrons. The van der Waals surface area contributed by atoms with Gasteiger partial charge in [-0.15, -0.1) is 0 Å². The number of hydrogen-bond donors (Lipinski definition) is 1. The number of rotatable bonds is 3. The van der Waals surface area contributed by atoms with Crippen LogP contribution in [0.4, 0.5) is 13.6 Å². The Morgan fingerprint density at radius 1 is 0.769 bits per heavy atom. The molecule has 5 heteroatoms. The van der Waals surface area contributed by atoms with E-state index >= 15 is 0 Å². The highest BCUT2D eigenvalue weighted by Crippen LogP contribution is 2.49. The number of alkyl carbamates (subject to hydrolysis) is 1. The van der Waals surface area contributed by atoms with Crippen LogP contribution in [0.5, 0.6) is 0 Å². The van der Waals surface area contributed by atoms with Gasteiger partial charge in [0.05, 0.1) is 0 Å². The van der Waals surface area contributed by atoms with E-state index in [1.165, 1.54) is 36.4 Å². The summed E-state index contributed by atoms with van der Waals surface area (Å²) in [7, 11) is 0. The minimum Gasteiger partial charge on any atom is -0.430 e. The van der Waals surface area contributed by atoms with E-state index in [1.54, 1.807) is 36.4 Å². The second kappa shape index (κ2) is 6.26. The Morgan fingerprint density at radius 2 is 1.27 bits per heavy atom. The molecule has 1 amide bonds. The molecule has 0 aliphatic carbocycles. The third kappa shape index (κ3) is 2.44. The van der Waals surface area contributed by atoms with Gasteiger partial charge in [0.1, 0.15) is 17.7 Å². The highest BCUT2D eigenvalue weighted by atomic mass is 19.1. The number of benzene rings is 3. The predicted octanol–water partition coefficient (Wildman–Crippen LogP) is 4.69. The van der Waals surface area contributed by atoms with Gasteiger partial charge >= 0.3 is 6.09 Å². The fraction of sp³-hybridized carbons (Fsp3) is 0.0952. The van der Waals surface area contributed by atoms with E-state index in [1.807, 2.05) is 6.07 Å². The Kier molecular flexibility index (Phi) is 3.92.